The Hall–Kier alpha value is -2.34. The van der Waals surface area contributed by atoms with E-state index in [4.69, 9.17) is 11.6 Å². The lowest BCUT2D eigenvalue weighted by atomic mass is 9.99. The molecule has 0 aliphatic heterocycles. The quantitative estimate of drug-likeness (QED) is 0.789. The average Bonchev–Trinajstić information content (AvgIpc) is 2.97. The summed E-state index contributed by atoms with van der Waals surface area (Å²) in [5.41, 5.74) is 0.0586. The lowest BCUT2D eigenvalue weighted by Gasteiger charge is -2.24. The Morgan fingerprint density at radius 2 is 2.09 bits per heavy atom. The number of nitrogens with one attached hydrogen (secondary N) is 2. The Morgan fingerprint density at radius 3 is 2.68 bits per heavy atom. The van der Waals surface area contributed by atoms with Crippen LogP contribution < -0.4 is 5.32 Å². The third-order valence-corrected chi connectivity index (χ3v) is 3.87. The minimum atomic E-state index is -1.33. The van der Waals surface area contributed by atoms with E-state index in [2.05, 4.69) is 15.5 Å². The molecule has 2 rings (SSSR count). The number of benzene rings is 1. The maximum absolute atomic E-state index is 12.2. The van der Waals surface area contributed by atoms with Gasteiger partial charge in [0.25, 0.3) is 5.91 Å². The lowest BCUT2D eigenvalue weighted by molar-refractivity contribution is -0.143. The number of carbonyl (C=O) groups is 2. The minimum absolute atomic E-state index is 0.177. The van der Waals surface area contributed by atoms with Gasteiger partial charge in [-0.2, -0.15) is 5.10 Å². The molecule has 0 aliphatic rings. The van der Waals surface area contributed by atoms with Crippen molar-refractivity contribution in [3.05, 3.63) is 41.0 Å². The summed E-state index contributed by atoms with van der Waals surface area (Å²) in [6, 6.07) is 8.66. The summed E-state index contributed by atoms with van der Waals surface area (Å²) in [5.74, 6) is -1.62. The SMILES string of the molecule is CCC(C)(NC(=O)c1cc(-c2ccccc2Cl)n[nH]1)C(=O)O. The normalized spacial score (nSPS) is 13.4. The number of amides is 1. The first-order chi connectivity index (χ1) is 10.4. The van der Waals surface area contributed by atoms with Crippen LogP contribution in [-0.2, 0) is 4.79 Å². The van der Waals surface area contributed by atoms with Crippen molar-refractivity contribution in [2.45, 2.75) is 25.8 Å². The Balaban J connectivity index is 2.23. The maximum atomic E-state index is 12.2. The molecule has 1 amide bonds. The number of carboxylic acid groups (broad SMARTS) is 1. The zero-order valence-corrected chi connectivity index (χ0v) is 12.9. The lowest BCUT2D eigenvalue weighted by Crippen LogP contribution is -2.51. The molecule has 0 saturated carbocycles. The van der Waals surface area contributed by atoms with E-state index in [9.17, 15) is 14.7 Å². The Labute approximate surface area is 132 Å². The van der Waals surface area contributed by atoms with E-state index in [1.54, 1.807) is 25.1 Å². The summed E-state index contributed by atoms with van der Waals surface area (Å²) in [5, 5.41) is 18.9. The van der Waals surface area contributed by atoms with Crippen LogP contribution >= 0.6 is 11.6 Å². The molecule has 0 aliphatic carbocycles. The second kappa shape index (κ2) is 6.19. The first-order valence-corrected chi connectivity index (χ1v) is 7.11. The van der Waals surface area contributed by atoms with Gasteiger partial charge in [-0.05, 0) is 25.5 Å². The van der Waals surface area contributed by atoms with Gasteiger partial charge < -0.3 is 10.4 Å². The van der Waals surface area contributed by atoms with Crippen LogP contribution in [0.3, 0.4) is 0 Å². The van der Waals surface area contributed by atoms with Crippen molar-refractivity contribution in [2.24, 2.45) is 0 Å². The van der Waals surface area contributed by atoms with Crippen LogP contribution in [0.1, 0.15) is 30.8 Å². The first-order valence-electron chi connectivity index (χ1n) is 6.73. The first kappa shape index (κ1) is 16.0. The summed E-state index contributed by atoms with van der Waals surface area (Å²) in [4.78, 5) is 23.4. The van der Waals surface area contributed by atoms with Crippen molar-refractivity contribution >= 4 is 23.5 Å². The molecule has 1 aromatic heterocycles. The van der Waals surface area contributed by atoms with Crippen LogP contribution in [0, 0.1) is 0 Å². The number of aromatic amines is 1. The summed E-state index contributed by atoms with van der Waals surface area (Å²) in [6.07, 6.45) is 0.263. The number of carboxylic acids is 1. The fourth-order valence-electron chi connectivity index (χ4n) is 1.86. The fourth-order valence-corrected chi connectivity index (χ4v) is 2.09. The highest BCUT2D eigenvalue weighted by Crippen LogP contribution is 2.26. The standard InChI is InChI=1S/C15H16ClN3O3/c1-3-15(2,14(21)22)17-13(20)12-8-11(18-19-12)9-6-4-5-7-10(9)16/h4-8H,3H2,1-2H3,(H,17,20)(H,18,19)(H,21,22). The van der Waals surface area contributed by atoms with Crippen molar-refractivity contribution in [3.8, 4) is 11.3 Å². The van der Waals surface area contributed by atoms with Gasteiger partial charge in [0.1, 0.15) is 11.2 Å². The largest absolute Gasteiger partial charge is 0.480 e. The number of aliphatic carboxylic acids is 1. The molecule has 0 bridgehead atoms. The van der Waals surface area contributed by atoms with Gasteiger partial charge in [0.15, 0.2) is 0 Å². The number of hydrogen-bond acceptors (Lipinski definition) is 3. The van der Waals surface area contributed by atoms with E-state index in [0.29, 0.717) is 16.3 Å². The fraction of sp³-hybridized carbons (Fsp3) is 0.267. The molecule has 7 heteroatoms. The van der Waals surface area contributed by atoms with Crippen LogP contribution in [0.5, 0.6) is 0 Å². The van der Waals surface area contributed by atoms with Crippen LogP contribution in [0.2, 0.25) is 5.02 Å². The molecule has 0 spiro atoms. The predicted molar refractivity (Wildman–Crippen MR) is 82.8 cm³/mol. The van der Waals surface area contributed by atoms with Crippen molar-refractivity contribution in [3.63, 3.8) is 0 Å². The Bertz CT molecular complexity index is 714. The summed E-state index contributed by atoms with van der Waals surface area (Å²) >= 11 is 6.09. The van der Waals surface area contributed by atoms with E-state index < -0.39 is 17.4 Å². The smallest absolute Gasteiger partial charge is 0.329 e. The molecule has 1 unspecified atom stereocenters. The molecule has 6 nitrogen and oxygen atoms in total. The van der Waals surface area contributed by atoms with Crippen molar-refractivity contribution < 1.29 is 14.7 Å². The van der Waals surface area contributed by atoms with Gasteiger partial charge >= 0.3 is 5.97 Å². The molecule has 0 fully saturated rings. The molecule has 0 radical (unpaired) electrons. The zero-order chi connectivity index (χ0) is 16.3. The van der Waals surface area contributed by atoms with E-state index >= 15 is 0 Å². The highest BCUT2D eigenvalue weighted by atomic mass is 35.5. The van der Waals surface area contributed by atoms with Crippen molar-refractivity contribution in [1.82, 2.24) is 15.5 Å². The van der Waals surface area contributed by atoms with Gasteiger partial charge in [0, 0.05) is 5.56 Å². The molecule has 1 heterocycles. The highest BCUT2D eigenvalue weighted by molar-refractivity contribution is 6.33. The second-order valence-corrected chi connectivity index (χ2v) is 5.50. The number of carbonyl (C=O) groups excluding carboxylic acids is 1. The van der Waals surface area contributed by atoms with Gasteiger partial charge in [-0.3, -0.25) is 9.89 Å². The molecule has 116 valence electrons. The minimum Gasteiger partial charge on any atom is -0.480 e. The summed E-state index contributed by atoms with van der Waals surface area (Å²) in [7, 11) is 0. The monoisotopic (exact) mass is 321 g/mol. The maximum Gasteiger partial charge on any atom is 0.329 e. The summed E-state index contributed by atoms with van der Waals surface area (Å²) in [6.45, 7) is 3.15. The molecular formula is C15H16ClN3O3. The predicted octanol–water partition coefficient (Wildman–Crippen LogP) is 2.71. The van der Waals surface area contributed by atoms with Crippen LogP contribution in [0.4, 0.5) is 0 Å². The third-order valence-electron chi connectivity index (χ3n) is 3.54. The summed E-state index contributed by atoms with van der Waals surface area (Å²) < 4.78 is 0. The topological polar surface area (TPSA) is 95.1 Å². The van der Waals surface area contributed by atoms with Gasteiger partial charge in [-0.25, -0.2) is 4.79 Å². The van der Waals surface area contributed by atoms with E-state index in [0.717, 1.165) is 0 Å². The number of rotatable bonds is 5. The van der Waals surface area contributed by atoms with E-state index in [-0.39, 0.29) is 12.1 Å². The number of nitrogens with zero attached hydrogens (tertiary/aromatic N) is 1. The molecule has 1 atom stereocenters. The molecule has 22 heavy (non-hydrogen) atoms. The van der Waals surface area contributed by atoms with E-state index in [1.165, 1.54) is 13.0 Å². The zero-order valence-electron chi connectivity index (χ0n) is 12.2. The average molecular weight is 322 g/mol. The molecule has 0 saturated heterocycles. The van der Waals surface area contributed by atoms with Crippen molar-refractivity contribution in [2.75, 3.05) is 0 Å². The Morgan fingerprint density at radius 1 is 1.41 bits per heavy atom. The molecular weight excluding hydrogens is 306 g/mol. The van der Waals surface area contributed by atoms with Crippen molar-refractivity contribution in [1.29, 1.82) is 0 Å². The number of aromatic nitrogens is 2. The Kier molecular flexibility index (Phi) is 4.51. The van der Waals surface area contributed by atoms with Gasteiger partial charge in [0.2, 0.25) is 0 Å². The van der Waals surface area contributed by atoms with E-state index in [1.807, 2.05) is 6.07 Å². The van der Waals surface area contributed by atoms with Gasteiger partial charge in [-0.15, -0.1) is 0 Å². The second-order valence-electron chi connectivity index (χ2n) is 5.09. The van der Waals surface area contributed by atoms with Crippen LogP contribution in [-0.4, -0.2) is 32.7 Å². The number of hydrogen-bond donors (Lipinski definition) is 3. The van der Waals surface area contributed by atoms with Crippen LogP contribution in [0.15, 0.2) is 30.3 Å². The molecule has 1 aromatic carbocycles. The highest BCUT2D eigenvalue weighted by Gasteiger charge is 2.33. The molecule has 3 N–H and O–H groups in total. The third kappa shape index (κ3) is 3.12. The molecule has 2 aromatic rings. The van der Waals surface area contributed by atoms with Crippen LogP contribution in [0.25, 0.3) is 11.3 Å². The number of halogens is 1. The van der Waals surface area contributed by atoms with Gasteiger partial charge in [0.05, 0.1) is 10.7 Å². The number of H-pyrrole nitrogens is 1. The van der Waals surface area contributed by atoms with Gasteiger partial charge in [-0.1, -0.05) is 36.7 Å².